The van der Waals surface area contributed by atoms with Crippen LogP contribution < -0.4 is 0 Å². The lowest BCUT2D eigenvalue weighted by Crippen LogP contribution is -2.22. The number of rotatable bonds is 8. The molecular formula is C26H24Cl2O2S4. The molecule has 3 aromatic carbocycles. The van der Waals surface area contributed by atoms with Crippen molar-refractivity contribution in [3.8, 4) is 0 Å². The second-order valence-corrected chi connectivity index (χ2v) is 13.4. The van der Waals surface area contributed by atoms with E-state index in [9.17, 15) is 9.59 Å². The molecule has 0 saturated carbocycles. The third-order valence-electron chi connectivity index (χ3n) is 5.47. The Hall–Kier alpha value is -0.760. The Morgan fingerprint density at radius 1 is 0.559 bits per heavy atom. The van der Waals surface area contributed by atoms with E-state index in [1.54, 1.807) is 47.0 Å². The zero-order valence-electron chi connectivity index (χ0n) is 19.3. The summed E-state index contributed by atoms with van der Waals surface area (Å²) in [6.45, 7) is 8.36. The molecule has 0 aromatic heterocycles. The number of thioether (sulfide) groups is 4. The Kier molecular flexibility index (Phi) is 8.59. The van der Waals surface area contributed by atoms with Crippen molar-refractivity contribution >= 4 is 92.6 Å². The Morgan fingerprint density at radius 3 is 1.15 bits per heavy atom. The Bertz CT molecular complexity index is 1220. The maximum absolute atomic E-state index is 13.8. The first-order chi connectivity index (χ1) is 16.4. The van der Waals surface area contributed by atoms with Gasteiger partial charge in [-0.25, -0.2) is 0 Å². The summed E-state index contributed by atoms with van der Waals surface area (Å²) >= 11 is 20.6. The average molecular weight is 568 g/mol. The molecule has 0 atom stereocenters. The highest BCUT2D eigenvalue weighted by molar-refractivity contribution is 8.02. The molecule has 1 aliphatic rings. The van der Waals surface area contributed by atoms with E-state index in [1.807, 2.05) is 24.3 Å². The number of ketones is 2. The van der Waals surface area contributed by atoms with Crippen molar-refractivity contribution in [2.24, 2.45) is 0 Å². The van der Waals surface area contributed by atoms with Crippen molar-refractivity contribution in [3.63, 3.8) is 0 Å². The van der Waals surface area contributed by atoms with E-state index in [-0.39, 0.29) is 22.7 Å². The molecule has 0 bridgehead atoms. The van der Waals surface area contributed by atoms with E-state index in [2.05, 4.69) is 27.7 Å². The summed E-state index contributed by atoms with van der Waals surface area (Å²) in [7, 11) is 0. The van der Waals surface area contributed by atoms with Gasteiger partial charge in [0.05, 0.1) is 21.2 Å². The van der Waals surface area contributed by atoms with Crippen molar-refractivity contribution in [1.82, 2.24) is 0 Å². The van der Waals surface area contributed by atoms with Gasteiger partial charge >= 0.3 is 0 Å². The van der Waals surface area contributed by atoms with Crippen molar-refractivity contribution in [3.05, 3.63) is 56.6 Å². The van der Waals surface area contributed by atoms with Gasteiger partial charge in [0, 0.05) is 41.5 Å². The lowest BCUT2D eigenvalue weighted by atomic mass is 9.82. The largest absolute Gasteiger partial charge is 0.289 e. The molecule has 178 valence electrons. The van der Waals surface area contributed by atoms with Crippen LogP contribution in [0.15, 0.2) is 43.8 Å². The highest BCUT2D eigenvalue weighted by Gasteiger charge is 2.36. The van der Waals surface area contributed by atoms with Crippen LogP contribution in [-0.4, -0.2) is 34.6 Å². The van der Waals surface area contributed by atoms with E-state index in [1.165, 1.54) is 0 Å². The number of hydrogen-bond donors (Lipinski definition) is 0. The van der Waals surface area contributed by atoms with Crippen molar-refractivity contribution in [1.29, 1.82) is 0 Å². The van der Waals surface area contributed by atoms with Crippen LogP contribution >= 0.6 is 70.2 Å². The number of carbonyl (C=O) groups excluding carboxylic acids is 2. The highest BCUT2D eigenvalue weighted by atomic mass is 35.5. The Balaban J connectivity index is 2.00. The molecule has 0 heterocycles. The lowest BCUT2D eigenvalue weighted by Gasteiger charge is -2.23. The molecule has 0 saturated heterocycles. The van der Waals surface area contributed by atoms with Gasteiger partial charge in [-0.1, -0.05) is 50.9 Å². The summed E-state index contributed by atoms with van der Waals surface area (Å²) in [5.74, 6) is 3.12. The first-order valence-corrected chi connectivity index (χ1v) is 15.8. The minimum Gasteiger partial charge on any atom is -0.289 e. The molecule has 3 aromatic rings. The maximum Gasteiger partial charge on any atom is 0.196 e. The first kappa shape index (κ1) is 26.3. The van der Waals surface area contributed by atoms with Gasteiger partial charge < -0.3 is 0 Å². The van der Waals surface area contributed by atoms with E-state index in [0.717, 1.165) is 42.6 Å². The predicted molar refractivity (Wildman–Crippen MR) is 153 cm³/mol. The van der Waals surface area contributed by atoms with E-state index >= 15 is 0 Å². The van der Waals surface area contributed by atoms with Crippen LogP contribution in [0.5, 0.6) is 0 Å². The van der Waals surface area contributed by atoms with Crippen molar-refractivity contribution in [2.45, 2.75) is 47.3 Å². The number of benzene rings is 3. The summed E-state index contributed by atoms with van der Waals surface area (Å²) in [4.78, 5) is 31.8. The molecule has 4 rings (SSSR count). The molecule has 2 nitrogen and oxygen atoms in total. The number of fused-ring (bicyclic) bond motifs is 3. The van der Waals surface area contributed by atoms with Crippen LogP contribution in [-0.2, 0) is 0 Å². The molecule has 0 N–H and O–H groups in total. The summed E-state index contributed by atoms with van der Waals surface area (Å²) in [5, 5.41) is 2.04. The van der Waals surface area contributed by atoms with E-state index in [0.29, 0.717) is 31.9 Å². The van der Waals surface area contributed by atoms with Crippen LogP contribution in [0.2, 0.25) is 10.0 Å². The fraction of sp³-hybridized carbons (Fsp3) is 0.308. The zero-order valence-corrected chi connectivity index (χ0v) is 24.1. The summed E-state index contributed by atoms with van der Waals surface area (Å²) in [6, 6.07) is 7.75. The van der Waals surface area contributed by atoms with Gasteiger partial charge in [-0.05, 0) is 47.3 Å². The lowest BCUT2D eigenvalue weighted by molar-refractivity contribution is 0.0979. The van der Waals surface area contributed by atoms with Crippen molar-refractivity contribution < 1.29 is 9.59 Å². The topological polar surface area (TPSA) is 34.1 Å². The van der Waals surface area contributed by atoms with Gasteiger partial charge in [-0.3, -0.25) is 9.59 Å². The molecule has 0 radical (unpaired) electrons. The fourth-order valence-electron chi connectivity index (χ4n) is 4.12. The molecule has 0 aliphatic heterocycles. The molecule has 0 amide bonds. The molecule has 1 aliphatic carbocycles. The Labute approximate surface area is 227 Å². The van der Waals surface area contributed by atoms with Gasteiger partial charge in [0.2, 0.25) is 0 Å². The monoisotopic (exact) mass is 566 g/mol. The Morgan fingerprint density at radius 2 is 0.853 bits per heavy atom. The molecule has 34 heavy (non-hydrogen) atoms. The third-order valence-corrected chi connectivity index (χ3v) is 10.3. The standard InChI is InChI=1S/C26H24Cl2O2S4/c1-5-31-17-9-13-14(10-18(17)32-6-2)24(28)22-21(23(13)27)25(29)15-11-19(33-7-3)20(34-8-4)12-16(15)26(22)30/h9-12H,5-8H2,1-4H3. The SMILES string of the molecule is CCSc1cc2c(cc1SCC)C(=O)c1c(c(Cl)c3cc(SCC)c(SCC)cc3c1Cl)C2=O. The summed E-state index contributed by atoms with van der Waals surface area (Å²) in [6.07, 6.45) is 0. The zero-order chi connectivity index (χ0) is 24.6. The maximum atomic E-state index is 13.8. The van der Waals surface area contributed by atoms with Gasteiger partial charge in [-0.2, -0.15) is 0 Å². The minimum absolute atomic E-state index is 0.225. The number of halogens is 2. The quantitative estimate of drug-likeness (QED) is 0.197. The van der Waals surface area contributed by atoms with Crippen LogP contribution in [0.1, 0.15) is 59.5 Å². The second-order valence-electron chi connectivity index (χ2n) is 7.46. The van der Waals surface area contributed by atoms with Gasteiger partial charge in [0.1, 0.15) is 0 Å². The first-order valence-electron chi connectivity index (χ1n) is 11.1. The van der Waals surface area contributed by atoms with Crippen LogP contribution in [0, 0.1) is 0 Å². The molecule has 0 fully saturated rings. The highest BCUT2D eigenvalue weighted by Crippen LogP contribution is 2.46. The fourth-order valence-corrected chi connectivity index (χ4v) is 8.35. The summed E-state index contributed by atoms with van der Waals surface area (Å²) < 4.78 is 0. The number of carbonyl (C=O) groups is 2. The van der Waals surface area contributed by atoms with Crippen LogP contribution in [0.3, 0.4) is 0 Å². The molecule has 8 heteroatoms. The smallest absolute Gasteiger partial charge is 0.196 e. The van der Waals surface area contributed by atoms with Gasteiger partial charge in [0.25, 0.3) is 0 Å². The third kappa shape index (κ3) is 4.55. The average Bonchev–Trinajstić information content (AvgIpc) is 2.81. The number of hydrogen-bond acceptors (Lipinski definition) is 6. The van der Waals surface area contributed by atoms with Crippen LogP contribution in [0.25, 0.3) is 10.8 Å². The van der Waals surface area contributed by atoms with E-state index < -0.39 is 0 Å². The van der Waals surface area contributed by atoms with Gasteiger partial charge in [-0.15, -0.1) is 47.0 Å². The van der Waals surface area contributed by atoms with E-state index in [4.69, 9.17) is 23.2 Å². The molecule has 0 unspecified atom stereocenters. The molecule has 0 spiro atoms. The van der Waals surface area contributed by atoms with Gasteiger partial charge in [0.15, 0.2) is 11.6 Å². The normalized spacial score (nSPS) is 12.9. The molecular weight excluding hydrogens is 543 g/mol. The second kappa shape index (κ2) is 11.1. The van der Waals surface area contributed by atoms with Crippen molar-refractivity contribution in [2.75, 3.05) is 23.0 Å². The van der Waals surface area contributed by atoms with Crippen LogP contribution in [0.4, 0.5) is 0 Å². The minimum atomic E-state index is -0.235. The predicted octanol–water partition coefficient (Wildman–Crippen LogP) is 9.37. The summed E-state index contributed by atoms with van der Waals surface area (Å²) in [5.41, 5.74) is 1.27.